The molecule has 0 aromatic carbocycles. The third kappa shape index (κ3) is 1.80. The molecule has 2 heterocycles. The van der Waals surface area contributed by atoms with Crippen molar-refractivity contribution in [1.82, 2.24) is 4.98 Å². The first-order chi connectivity index (χ1) is 8.04. The molecule has 4 N–H and O–H groups in total. The van der Waals surface area contributed by atoms with Gasteiger partial charge in [-0.15, -0.1) is 0 Å². The number of amides is 1. The quantitative estimate of drug-likeness (QED) is 0.585. The number of fused-ring (bicyclic) bond motifs is 1. The highest BCUT2D eigenvalue weighted by Crippen LogP contribution is 2.18. The van der Waals surface area contributed by atoms with Crippen molar-refractivity contribution < 1.29 is 14.3 Å². The van der Waals surface area contributed by atoms with Crippen LogP contribution in [-0.2, 0) is 16.1 Å². The van der Waals surface area contributed by atoms with Gasteiger partial charge < -0.3 is 20.8 Å². The van der Waals surface area contributed by atoms with E-state index in [0.29, 0.717) is 5.69 Å². The lowest BCUT2D eigenvalue weighted by molar-refractivity contribution is -0.114. The fourth-order valence-corrected chi connectivity index (χ4v) is 1.62. The summed E-state index contributed by atoms with van der Waals surface area (Å²) < 4.78 is 4.74. The van der Waals surface area contributed by atoms with E-state index in [0.717, 1.165) is 0 Å². The number of hydrogen-bond donors (Lipinski definition) is 3. The summed E-state index contributed by atoms with van der Waals surface area (Å²) in [6.07, 6.45) is 0. The minimum Gasteiger partial charge on any atom is -0.456 e. The zero-order valence-corrected chi connectivity index (χ0v) is 9.12. The van der Waals surface area contributed by atoms with Crippen LogP contribution in [0.5, 0.6) is 0 Å². The highest BCUT2D eigenvalue weighted by atomic mass is 16.5. The number of esters is 1. The van der Waals surface area contributed by atoms with Crippen LogP contribution < -0.4 is 16.5 Å². The number of carbonyl (C=O) groups is 2. The lowest BCUT2D eigenvalue weighted by atomic mass is 10.1. The van der Waals surface area contributed by atoms with E-state index in [-0.39, 0.29) is 30.1 Å². The number of anilines is 1. The molecular weight excluding hydrogens is 226 g/mol. The molecule has 17 heavy (non-hydrogen) atoms. The van der Waals surface area contributed by atoms with Crippen LogP contribution >= 0.6 is 0 Å². The van der Waals surface area contributed by atoms with Gasteiger partial charge in [-0.1, -0.05) is 0 Å². The highest BCUT2D eigenvalue weighted by Gasteiger charge is 2.27. The first-order valence-electron chi connectivity index (χ1n) is 4.97. The van der Waals surface area contributed by atoms with Crippen molar-refractivity contribution in [2.45, 2.75) is 13.5 Å². The SMILES string of the molecule is Cc1[nH]c2c(c(=O)c1NC(=O)CN)COC2=O. The summed E-state index contributed by atoms with van der Waals surface area (Å²) in [5.74, 6) is -1.03. The van der Waals surface area contributed by atoms with Crippen LogP contribution in [0.4, 0.5) is 5.69 Å². The molecule has 1 aliphatic rings. The Morgan fingerprint density at radius 3 is 2.88 bits per heavy atom. The van der Waals surface area contributed by atoms with E-state index in [1.165, 1.54) is 0 Å². The maximum atomic E-state index is 12.0. The number of nitrogens with one attached hydrogen (secondary N) is 2. The van der Waals surface area contributed by atoms with Crippen molar-refractivity contribution in [1.29, 1.82) is 0 Å². The molecule has 0 saturated heterocycles. The van der Waals surface area contributed by atoms with Gasteiger partial charge in [-0.05, 0) is 6.92 Å². The molecule has 1 amide bonds. The highest BCUT2D eigenvalue weighted by molar-refractivity contribution is 5.95. The molecule has 90 valence electrons. The number of hydrogen-bond acceptors (Lipinski definition) is 5. The van der Waals surface area contributed by atoms with Crippen LogP contribution in [0, 0.1) is 6.92 Å². The number of H-pyrrole nitrogens is 1. The van der Waals surface area contributed by atoms with Crippen molar-refractivity contribution >= 4 is 17.6 Å². The van der Waals surface area contributed by atoms with E-state index >= 15 is 0 Å². The van der Waals surface area contributed by atoms with Crippen LogP contribution in [0.15, 0.2) is 4.79 Å². The van der Waals surface area contributed by atoms with Gasteiger partial charge in [0.25, 0.3) is 0 Å². The molecular formula is C10H11N3O4. The Morgan fingerprint density at radius 2 is 2.24 bits per heavy atom. The van der Waals surface area contributed by atoms with Crippen LogP contribution in [0.2, 0.25) is 0 Å². The van der Waals surface area contributed by atoms with Crippen LogP contribution in [0.25, 0.3) is 0 Å². The predicted molar refractivity (Wildman–Crippen MR) is 58.6 cm³/mol. The van der Waals surface area contributed by atoms with Gasteiger partial charge in [-0.3, -0.25) is 9.59 Å². The number of rotatable bonds is 2. The summed E-state index contributed by atoms with van der Waals surface area (Å²) in [5, 5.41) is 2.40. The molecule has 0 unspecified atom stereocenters. The molecule has 0 bridgehead atoms. The van der Waals surface area contributed by atoms with Gasteiger partial charge in [-0.2, -0.15) is 0 Å². The standard InChI is InChI=1S/C10H11N3O4/c1-4-7(13-6(14)2-11)9(15)5-3-17-10(16)8(5)12-4/h2-3,11H2,1H3,(H,12,15)(H,13,14). The third-order valence-corrected chi connectivity index (χ3v) is 2.49. The molecule has 7 heteroatoms. The number of carbonyl (C=O) groups excluding carboxylic acids is 2. The molecule has 0 saturated carbocycles. The number of aromatic amines is 1. The fraction of sp³-hybridized carbons (Fsp3) is 0.300. The van der Waals surface area contributed by atoms with E-state index in [4.69, 9.17) is 10.5 Å². The largest absolute Gasteiger partial charge is 0.456 e. The molecule has 7 nitrogen and oxygen atoms in total. The molecule has 1 aromatic rings. The lowest BCUT2D eigenvalue weighted by Gasteiger charge is -2.07. The van der Waals surface area contributed by atoms with E-state index in [1.807, 2.05) is 0 Å². The van der Waals surface area contributed by atoms with Crippen molar-refractivity contribution in [3.8, 4) is 0 Å². The second-order valence-corrected chi connectivity index (χ2v) is 3.64. The van der Waals surface area contributed by atoms with Crippen molar-refractivity contribution in [3.63, 3.8) is 0 Å². The van der Waals surface area contributed by atoms with Crippen LogP contribution in [0.1, 0.15) is 21.7 Å². The minimum absolute atomic E-state index is 0.0741. The zero-order valence-electron chi connectivity index (χ0n) is 9.12. The third-order valence-electron chi connectivity index (χ3n) is 2.49. The first kappa shape index (κ1) is 11.3. The maximum Gasteiger partial charge on any atom is 0.355 e. The van der Waals surface area contributed by atoms with Gasteiger partial charge >= 0.3 is 5.97 Å². The Morgan fingerprint density at radius 1 is 1.53 bits per heavy atom. The van der Waals surface area contributed by atoms with Crippen LogP contribution in [0.3, 0.4) is 0 Å². The van der Waals surface area contributed by atoms with E-state index in [1.54, 1.807) is 6.92 Å². The Kier molecular flexibility index (Phi) is 2.68. The Bertz CT molecular complexity index is 561. The van der Waals surface area contributed by atoms with E-state index in [2.05, 4.69) is 10.3 Å². The molecule has 0 spiro atoms. The monoisotopic (exact) mass is 237 g/mol. The van der Waals surface area contributed by atoms with Gasteiger partial charge in [0.05, 0.1) is 12.1 Å². The molecule has 1 aromatic heterocycles. The average molecular weight is 237 g/mol. The Hall–Kier alpha value is -2.15. The van der Waals surface area contributed by atoms with E-state index in [9.17, 15) is 14.4 Å². The van der Waals surface area contributed by atoms with Crippen molar-refractivity contribution in [2.75, 3.05) is 11.9 Å². The summed E-state index contributed by atoms with van der Waals surface area (Å²) in [6.45, 7) is 1.29. The first-order valence-corrected chi connectivity index (χ1v) is 4.97. The number of cyclic esters (lactones) is 1. The van der Waals surface area contributed by atoms with Crippen molar-refractivity contribution in [3.05, 3.63) is 27.2 Å². The number of aromatic nitrogens is 1. The van der Waals surface area contributed by atoms with Gasteiger partial charge in [0.2, 0.25) is 11.3 Å². The fourth-order valence-electron chi connectivity index (χ4n) is 1.62. The lowest BCUT2D eigenvalue weighted by Crippen LogP contribution is -2.27. The number of nitrogens with two attached hydrogens (primary N) is 1. The summed E-state index contributed by atoms with van der Waals surface area (Å²) in [6, 6.07) is 0. The van der Waals surface area contributed by atoms with E-state index < -0.39 is 17.3 Å². The number of aryl methyl sites for hydroxylation is 1. The molecule has 0 aliphatic carbocycles. The maximum absolute atomic E-state index is 12.0. The van der Waals surface area contributed by atoms with Crippen LogP contribution in [-0.4, -0.2) is 23.4 Å². The molecule has 0 radical (unpaired) electrons. The van der Waals surface area contributed by atoms with Gasteiger partial charge in [0, 0.05) is 5.69 Å². The normalized spacial score (nSPS) is 13.2. The number of pyridine rings is 1. The second-order valence-electron chi connectivity index (χ2n) is 3.64. The number of ether oxygens (including phenoxy) is 1. The summed E-state index contributed by atoms with van der Waals surface area (Å²) in [7, 11) is 0. The summed E-state index contributed by atoms with van der Waals surface area (Å²) in [4.78, 5) is 37.1. The van der Waals surface area contributed by atoms with Gasteiger partial charge in [0.15, 0.2) is 0 Å². The summed E-state index contributed by atoms with van der Waals surface area (Å²) in [5.41, 5.74) is 5.63. The van der Waals surface area contributed by atoms with Gasteiger partial charge in [-0.25, -0.2) is 4.79 Å². The minimum atomic E-state index is -0.558. The molecule has 1 aliphatic heterocycles. The zero-order chi connectivity index (χ0) is 12.6. The average Bonchev–Trinajstić information content (AvgIpc) is 2.66. The smallest absolute Gasteiger partial charge is 0.355 e. The Labute approximate surface area is 96.0 Å². The Balaban J connectivity index is 2.53. The predicted octanol–water partition coefficient (Wildman–Crippen LogP) is -0.749. The molecule has 0 fully saturated rings. The molecule has 0 atom stereocenters. The second kappa shape index (κ2) is 4.02. The molecule has 2 rings (SSSR count). The van der Waals surface area contributed by atoms with Gasteiger partial charge in [0.1, 0.15) is 18.0 Å². The summed E-state index contributed by atoms with van der Waals surface area (Å²) >= 11 is 0. The topological polar surface area (TPSA) is 114 Å². The van der Waals surface area contributed by atoms with Crippen molar-refractivity contribution in [2.24, 2.45) is 5.73 Å².